The molecule has 5 rings (SSSR count). The molecule has 1 spiro atoms. The molecular formula is C28H40F2N6O3. The first-order valence-corrected chi connectivity index (χ1v) is 13.9. The summed E-state index contributed by atoms with van der Waals surface area (Å²) in [4.78, 5) is 14.2. The maximum absolute atomic E-state index is 12.9. The van der Waals surface area contributed by atoms with E-state index >= 15 is 0 Å². The lowest BCUT2D eigenvalue weighted by molar-refractivity contribution is -0.0426. The number of aliphatic hydroxyl groups is 1. The monoisotopic (exact) mass is 546 g/mol. The number of halogens is 2. The number of nitrogens with zero attached hydrogens (tertiary/aromatic N) is 4. The Morgan fingerprint density at radius 2 is 2.10 bits per heavy atom. The van der Waals surface area contributed by atoms with Gasteiger partial charge in [0.15, 0.2) is 5.82 Å². The number of aromatic nitrogens is 2. The lowest BCUT2D eigenvalue weighted by atomic mass is 9.73. The van der Waals surface area contributed by atoms with Gasteiger partial charge in [0.1, 0.15) is 30.1 Å². The number of likely N-dealkylation sites (tertiary alicyclic amines) is 1. The molecule has 1 unspecified atom stereocenters. The molecule has 0 aliphatic carbocycles. The molecule has 1 aromatic heterocycles. The molecule has 39 heavy (non-hydrogen) atoms. The number of piperidine rings is 1. The average Bonchev–Trinajstić information content (AvgIpc) is 3.41. The molecule has 3 fully saturated rings. The number of ether oxygens (including phenoxy) is 2. The fourth-order valence-corrected chi connectivity index (χ4v) is 6.01. The fourth-order valence-electron chi connectivity index (χ4n) is 6.01. The van der Waals surface area contributed by atoms with Crippen molar-refractivity contribution in [2.75, 3.05) is 76.4 Å². The van der Waals surface area contributed by atoms with E-state index in [1.165, 1.54) is 0 Å². The number of hydrogen-bond donors (Lipinski definition) is 3. The third-order valence-electron chi connectivity index (χ3n) is 7.84. The summed E-state index contributed by atoms with van der Waals surface area (Å²) in [5.41, 5.74) is 1.83. The average molecular weight is 547 g/mol. The summed E-state index contributed by atoms with van der Waals surface area (Å²) in [6, 6.07) is 7.80. The first-order valence-electron chi connectivity index (χ1n) is 13.9. The highest BCUT2D eigenvalue weighted by Gasteiger charge is 2.46. The van der Waals surface area contributed by atoms with Gasteiger partial charge in [-0.15, -0.1) is 0 Å². The minimum absolute atomic E-state index is 0.0273. The molecule has 214 valence electrons. The van der Waals surface area contributed by atoms with Crippen molar-refractivity contribution >= 4 is 11.6 Å². The fraction of sp³-hybridized carbons (Fsp3) is 0.643. The van der Waals surface area contributed by atoms with Crippen LogP contribution in [0.5, 0.6) is 5.75 Å². The number of anilines is 2. The van der Waals surface area contributed by atoms with E-state index in [1.807, 2.05) is 36.1 Å². The molecule has 2 aromatic rings. The Hall–Kier alpha value is -2.60. The number of benzene rings is 1. The minimum Gasteiger partial charge on any atom is -0.491 e. The van der Waals surface area contributed by atoms with Crippen molar-refractivity contribution in [2.45, 2.75) is 44.8 Å². The van der Waals surface area contributed by atoms with E-state index in [0.717, 1.165) is 61.7 Å². The molecule has 9 nitrogen and oxygen atoms in total. The first kappa shape index (κ1) is 27.9. The van der Waals surface area contributed by atoms with Gasteiger partial charge in [0, 0.05) is 55.9 Å². The normalized spacial score (nSPS) is 21.8. The van der Waals surface area contributed by atoms with Gasteiger partial charge in [0.05, 0.1) is 19.2 Å². The molecule has 2 atom stereocenters. The zero-order valence-corrected chi connectivity index (χ0v) is 22.8. The molecule has 0 saturated carbocycles. The Balaban J connectivity index is 1.41. The Kier molecular flexibility index (Phi) is 8.80. The highest BCUT2D eigenvalue weighted by molar-refractivity contribution is 5.67. The molecule has 0 radical (unpaired) electrons. The third kappa shape index (κ3) is 6.77. The standard InChI is InChI=1S/C28H40F2N6O3/c1-19-25(32-21-7-10-38-14-21)33-26(20-5-3-6-23(11-20)39-15-22(37)12-31-2)34-27(19)36-9-4-8-28(18-36)16-35(17-28)13-24(29)30/h3,5-6,11,21-22,24,31,37H,4,7-10,12-18H2,1-2H3,(H,32,33,34)/t21-,22?/m1/s1. The van der Waals surface area contributed by atoms with Gasteiger partial charge in [-0.05, 0) is 45.4 Å². The predicted octanol–water partition coefficient (Wildman–Crippen LogP) is 2.78. The Morgan fingerprint density at radius 1 is 1.26 bits per heavy atom. The van der Waals surface area contributed by atoms with Crippen LogP contribution in [0.2, 0.25) is 0 Å². The summed E-state index contributed by atoms with van der Waals surface area (Å²) in [6.45, 7) is 6.95. The van der Waals surface area contributed by atoms with Crippen LogP contribution in [-0.4, -0.2) is 105 Å². The number of rotatable bonds is 11. The maximum atomic E-state index is 12.9. The molecule has 3 aliphatic heterocycles. The Bertz CT molecular complexity index is 1110. The lowest BCUT2D eigenvalue weighted by Gasteiger charge is -2.55. The molecule has 1 aromatic carbocycles. The van der Waals surface area contributed by atoms with Gasteiger partial charge in [-0.2, -0.15) is 0 Å². The van der Waals surface area contributed by atoms with Crippen molar-refractivity contribution in [3.05, 3.63) is 29.8 Å². The molecular weight excluding hydrogens is 506 g/mol. The first-order chi connectivity index (χ1) is 18.8. The van der Waals surface area contributed by atoms with Crippen molar-refractivity contribution in [1.82, 2.24) is 20.2 Å². The minimum atomic E-state index is -2.30. The van der Waals surface area contributed by atoms with Crippen molar-refractivity contribution in [3.63, 3.8) is 0 Å². The molecule has 3 aliphatic rings. The molecule has 4 heterocycles. The van der Waals surface area contributed by atoms with Crippen LogP contribution >= 0.6 is 0 Å². The maximum Gasteiger partial charge on any atom is 0.251 e. The Morgan fingerprint density at radius 3 is 2.85 bits per heavy atom. The Labute approximate surface area is 228 Å². The summed E-state index contributed by atoms with van der Waals surface area (Å²) in [6.07, 6.45) is 0.0506. The van der Waals surface area contributed by atoms with Gasteiger partial charge < -0.3 is 30.1 Å². The molecule has 0 amide bonds. The van der Waals surface area contributed by atoms with Crippen LogP contribution in [0, 0.1) is 12.3 Å². The quantitative estimate of drug-likeness (QED) is 0.393. The summed E-state index contributed by atoms with van der Waals surface area (Å²) in [5.74, 6) is 2.89. The van der Waals surface area contributed by atoms with Gasteiger partial charge >= 0.3 is 0 Å². The number of aliphatic hydroxyl groups excluding tert-OH is 1. The molecule has 0 bridgehead atoms. The highest BCUT2D eigenvalue weighted by Crippen LogP contribution is 2.41. The van der Waals surface area contributed by atoms with Crippen LogP contribution in [0.3, 0.4) is 0 Å². The van der Waals surface area contributed by atoms with Crippen LogP contribution in [-0.2, 0) is 4.74 Å². The second-order valence-corrected chi connectivity index (χ2v) is 11.2. The third-order valence-corrected chi connectivity index (χ3v) is 7.84. The van der Waals surface area contributed by atoms with Crippen LogP contribution in [0.4, 0.5) is 20.4 Å². The zero-order valence-electron chi connectivity index (χ0n) is 22.8. The molecule has 3 saturated heterocycles. The van der Waals surface area contributed by atoms with Crippen molar-refractivity contribution < 1.29 is 23.4 Å². The van der Waals surface area contributed by atoms with Crippen molar-refractivity contribution in [2.24, 2.45) is 5.41 Å². The summed E-state index contributed by atoms with van der Waals surface area (Å²) in [7, 11) is 1.79. The largest absolute Gasteiger partial charge is 0.491 e. The van der Waals surface area contributed by atoms with Gasteiger partial charge in [-0.3, -0.25) is 4.90 Å². The molecule has 11 heteroatoms. The van der Waals surface area contributed by atoms with Gasteiger partial charge in [0.25, 0.3) is 6.43 Å². The van der Waals surface area contributed by atoms with E-state index in [4.69, 9.17) is 19.4 Å². The molecule has 3 N–H and O–H groups in total. The van der Waals surface area contributed by atoms with Crippen LogP contribution in [0.25, 0.3) is 11.4 Å². The predicted molar refractivity (Wildman–Crippen MR) is 147 cm³/mol. The van der Waals surface area contributed by atoms with E-state index in [9.17, 15) is 13.9 Å². The zero-order chi connectivity index (χ0) is 27.4. The summed E-state index contributed by atoms with van der Waals surface area (Å²) >= 11 is 0. The van der Waals surface area contributed by atoms with Crippen molar-refractivity contribution in [3.8, 4) is 17.1 Å². The van der Waals surface area contributed by atoms with Crippen LogP contribution in [0.15, 0.2) is 24.3 Å². The number of likely N-dealkylation sites (N-methyl/N-ethyl adjacent to an activating group) is 1. The van der Waals surface area contributed by atoms with Gasteiger partial charge in [-0.25, -0.2) is 18.7 Å². The van der Waals surface area contributed by atoms with E-state index in [-0.39, 0.29) is 24.6 Å². The lowest BCUT2D eigenvalue weighted by Crippen LogP contribution is -2.63. The number of alkyl halides is 2. The van der Waals surface area contributed by atoms with Crippen LogP contribution < -0.4 is 20.3 Å². The number of hydrogen-bond acceptors (Lipinski definition) is 9. The SMILES string of the molecule is CNCC(O)COc1cccc(-c2nc(N[C@@H]3CCOC3)c(C)c(N3CCCC4(CN(CC(F)F)C4)C3)n2)c1. The van der Waals surface area contributed by atoms with E-state index < -0.39 is 12.5 Å². The van der Waals surface area contributed by atoms with E-state index in [2.05, 4.69) is 15.5 Å². The summed E-state index contributed by atoms with van der Waals surface area (Å²) in [5, 5.41) is 16.5. The van der Waals surface area contributed by atoms with Gasteiger partial charge in [0.2, 0.25) is 0 Å². The smallest absolute Gasteiger partial charge is 0.251 e. The van der Waals surface area contributed by atoms with Crippen LogP contribution in [0.1, 0.15) is 24.8 Å². The second kappa shape index (κ2) is 12.3. The summed E-state index contributed by atoms with van der Waals surface area (Å²) < 4.78 is 37.2. The topological polar surface area (TPSA) is 95.0 Å². The van der Waals surface area contributed by atoms with Crippen molar-refractivity contribution in [1.29, 1.82) is 0 Å². The highest BCUT2D eigenvalue weighted by atomic mass is 19.3. The second-order valence-electron chi connectivity index (χ2n) is 11.2. The number of nitrogens with one attached hydrogen (secondary N) is 2. The van der Waals surface area contributed by atoms with Gasteiger partial charge in [-0.1, -0.05) is 12.1 Å². The van der Waals surface area contributed by atoms with E-state index in [0.29, 0.717) is 37.8 Å². The van der Waals surface area contributed by atoms with E-state index in [1.54, 1.807) is 7.05 Å².